The van der Waals surface area contributed by atoms with E-state index >= 15 is 0 Å². The predicted octanol–water partition coefficient (Wildman–Crippen LogP) is 5.24. The number of halogens is 3. The molecule has 1 aromatic heterocycles. The number of aromatic nitrogens is 3. The van der Waals surface area contributed by atoms with E-state index in [9.17, 15) is 14.0 Å². The number of rotatable bonds is 9. The molecular formula is C22H20BrClFN5O2S. The first-order valence-electron chi connectivity index (χ1n) is 9.76. The number of allylic oxidation sites excluding steroid dienone is 1. The van der Waals surface area contributed by atoms with Gasteiger partial charge in [0.15, 0.2) is 11.0 Å². The molecule has 11 heteroatoms. The SMILES string of the molecule is C=CCn1c(SCC(=O)Nc2ccc(Br)cc2F)nnc1C(C)NC(=O)c1cccc(Cl)c1. The zero-order valence-corrected chi connectivity index (χ0v) is 20.7. The molecule has 2 amide bonds. The van der Waals surface area contributed by atoms with Gasteiger partial charge in [0.25, 0.3) is 5.91 Å². The fraction of sp³-hybridized carbons (Fsp3) is 0.182. The fourth-order valence-electron chi connectivity index (χ4n) is 2.91. The summed E-state index contributed by atoms with van der Waals surface area (Å²) in [6, 6.07) is 10.5. The lowest BCUT2D eigenvalue weighted by Gasteiger charge is -2.15. The number of carbonyl (C=O) groups is 2. The van der Waals surface area contributed by atoms with Crippen molar-refractivity contribution in [3.8, 4) is 0 Å². The molecule has 0 aliphatic rings. The second-order valence-electron chi connectivity index (χ2n) is 6.91. The number of carbonyl (C=O) groups excluding carboxylic acids is 2. The van der Waals surface area contributed by atoms with Crippen molar-refractivity contribution >= 4 is 56.8 Å². The molecule has 0 saturated carbocycles. The first kappa shape index (κ1) is 24.9. The lowest BCUT2D eigenvalue weighted by atomic mass is 10.2. The zero-order valence-electron chi connectivity index (χ0n) is 17.5. The number of hydrogen-bond donors (Lipinski definition) is 2. The highest BCUT2D eigenvalue weighted by molar-refractivity contribution is 9.10. The molecule has 172 valence electrons. The van der Waals surface area contributed by atoms with Crippen LogP contribution in [0.3, 0.4) is 0 Å². The molecule has 2 N–H and O–H groups in total. The minimum Gasteiger partial charge on any atom is -0.342 e. The summed E-state index contributed by atoms with van der Waals surface area (Å²) >= 11 is 10.3. The predicted molar refractivity (Wildman–Crippen MR) is 131 cm³/mol. The summed E-state index contributed by atoms with van der Waals surface area (Å²) in [6.07, 6.45) is 1.67. The summed E-state index contributed by atoms with van der Waals surface area (Å²) in [6.45, 7) is 5.91. The molecule has 1 unspecified atom stereocenters. The molecule has 33 heavy (non-hydrogen) atoms. The van der Waals surface area contributed by atoms with E-state index in [0.717, 1.165) is 11.8 Å². The number of benzene rings is 2. The van der Waals surface area contributed by atoms with Gasteiger partial charge >= 0.3 is 0 Å². The van der Waals surface area contributed by atoms with Gasteiger partial charge in [-0.2, -0.15) is 0 Å². The Morgan fingerprint density at radius 2 is 2.09 bits per heavy atom. The molecule has 0 bridgehead atoms. The summed E-state index contributed by atoms with van der Waals surface area (Å²) in [7, 11) is 0. The molecule has 0 saturated heterocycles. The first-order valence-corrected chi connectivity index (χ1v) is 11.9. The zero-order chi connectivity index (χ0) is 24.0. The maximum absolute atomic E-state index is 13.9. The molecule has 0 aliphatic carbocycles. The minimum atomic E-state index is -0.538. The number of thioether (sulfide) groups is 1. The summed E-state index contributed by atoms with van der Waals surface area (Å²) in [5.41, 5.74) is 0.518. The summed E-state index contributed by atoms with van der Waals surface area (Å²) in [5.74, 6) is -0.730. The van der Waals surface area contributed by atoms with E-state index in [1.807, 2.05) is 0 Å². The van der Waals surface area contributed by atoms with Crippen molar-refractivity contribution in [1.82, 2.24) is 20.1 Å². The quantitative estimate of drug-likeness (QED) is 0.280. The molecule has 7 nitrogen and oxygen atoms in total. The van der Waals surface area contributed by atoms with Gasteiger partial charge in [-0.05, 0) is 43.3 Å². The van der Waals surface area contributed by atoms with Crippen LogP contribution in [0.15, 0.2) is 64.7 Å². The van der Waals surface area contributed by atoms with Crippen molar-refractivity contribution in [1.29, 1.82) is 0 Å². The Morgan fingerprint density at radius 3 is 2.79 bits per heavy atom. The second-order valence-corrected chi connectivity index (χ2v) is 9.20. The van der Waals surface area contributed by atoms with Crippen LogP contribution in [0.2, 0.25) is 5.02 Å². The molecule has 0 spiro atoms. The third-order valence-electron chi connectivity index (χ3n) is 4.42. The monoisotopic (exact) mass is 551 g/mol. The maximum Gasteiger partial charge on any atom is 0.251 e. The number of hydrogen-bond acceptors (Lipinski definition) is 5. The number of nitrogens with one attached hydrogen (secondary N) is 2. The minimum absolute atomic E-state index is 0.00592. The van der Waals surface area contributed by atoms with Crippen molar-refractivity contribution in [3.05, 3.63) is 81.8 Å². The van der Waals surface area contributed by atoms with Crippen LogP contribution in [0, 0.1) is 5.82 Å². The van der Waals surface area contributed by atoms with Crippen LogP contribution in [-0.2, 0) is 11.3 Å². The molecule has 1 atom stereocenters. The molecule has 0 radical (unpaired) electrons. The van der Waals surface area contributed by atoms with E-state index in [4.69, 9.17) is 11.6 Å². The highest BCUT2D eigenvalue weighted by Crippen LogP contribution is 2.23. The van der Waals surface area contributed by atoms with Crippen molar-refractivity contribution in [2.24, 2.45) is 0 Å². The van der Waals surface area contributed by atoms with Crippen LogP contribution in [0.5, 0.6) is 0 Å². The van der Waals surface area contributed by atoms with Crippen molar-refractivity contribution in [2.45, 2.75) is 24.7 Å². The van der Waals surface area contributed by atoms with Gasteiger partial charge in [-0.3, -0.25) is 9.59 Å². The van der Waals surface area contributed by atoms with Crippen LogP contribution >= 0.6 is 39.3 Å². The van der Waals surface area contributed by atoms with Gasteiger partial charge in [0.05, 0.1) is 17.5 Å². The molecule has 2 aromatic carbocycles. The Morgan fingerprint density at radius 1 is 1.30 bits per heavy atom. The second kappa shape index (κ2) is 11.4. The van der Waals surface area contributed by atoms with Crippen LogP contribution < -0.4 is 10.6 Å². The van der Waals surface area contributed by atoms with Gasteiger partial charge in [0.2, 0.25) is 5.91 Å². The van der Waals surface area contributed by atoms with Gasteiger partial charge in [-0.1, -0.05) is 51.4 Å². The highest BCUT2D eigenvalue weighted by Gasteiger charge is 2.21. The van der Waals surface area contributed by atoms with Crippen LogP contribution in [0.25, 0.3) is 0 Å². The molecule has 0 aliphatic heterocycles. The van der Waals surface area contributed by atoms with E-state index < -0.39 is 17.8 Å². The fourth-order valence-corrected chi connectivity index (χ4v) is 4.19. The average molecular weight is 553 g/mol. The third kappa shape index (κ3) is 6.66. The number of anilines is 1. The molecular weight excluding hydrogens is 533 g/mol. The topological polar surface area (TPSA) is 88.9 Å². The standard InChI is InChI=1S/C22H20BrClFN5O2S/c1-3-9-30-20(13(2)26-21(32)14-5-4-6-16(24)10-14)28-29-22(30)33-12-19(31)27-18-8-7-15(23)11-17(18)25/h3-8,10-11,13H,1,9,12H2,2H3,(H,26,32)(H,27,31). The molecule has 3 aromatic rings. The summed E-state index contributed by atoms with van der Waals surface area (Å²) in [4.78, 5) is 24.9. The smallest absolute Gasteiger partial charge is 0.251 e. The van der Waals surface area contributed by atoms with E-state index in [-0.39, 0.29) is 17.3 Å². The Kier molecular flexibility index (Phi) is 8.65. The Balaban J connectivity index is 1.67. The molecule has 0 fully saturated rings. The van der Waals surface area contributed by atoms with Gasteiger partial charge < -0.3 is 15.2 Å². The summed E-state index contributed by atoms with van der Waals surface area (Å²) in [5, 5.41) is 14.7. The third-order valence-corrected chi connectivity index (χ3v) is 6.11. The Hall–Kier alpha value is -2.69. The highest BCUT2D eigenvalue weighted by atomic mass is 79.9. The van der Waals surface area contributed by atoms with Crippen molar-refractivity contribution in [2.75, 3.05) is 11.1 Å². The van der Waals surface area contributed by atoms with Gasteiger partial charge in [-0.25, -0.2) is 4.39 Å². The van der Waals surface area contributed by atoms with Crippen molar-refractivity contribution < 1.29 is 14.0 Å². The van der Waals surface area contributed by atoms with E-state index in [2.05, 4.69) is 43.3 Å². The van der Waals surface area contributed by atoms with E-state index in [0.29, 0.717) is 32.6 Å². The largest absolute Gasteiger partial charge is 0.342 e. The van der Waals surface area contributed by atoms with Crippen LogP contribution in [-0.4, -0.2) is 32.3 Å². The lowest BCUT2D eigenvalue weighted by molar-refractivity contribution is -0.113. The van der Waals surface area contributed by atoms with E-state index in [1.54, 1.807) is 47.9 Å². The van der Waals surface area contributed by atoms with Crippen LogP contribution in [0.4, 0.5) is 10.1 Å². The maximum atomic E-state index is 13.9. The van der Waals surface area contributed by atoms with Gasteiger partial charge in [-0.15, -0.1) is 16.8 Å². The average Bonchev–Trinajstić information content (AvgIpc) is 3.17. The number of nitrogens with zero attached hydrogens (tertiary/aromatic N) is 3. The summed E-state index contributed by atoms with van der Waals surface area (Å²) < 4.78 is 16.3. The Bertz CT molecular complexity index is 1190. The first-order chi connectivity index (χ1) is 15.8. The lowest BCUT2D eigenvalue weighted by Crippen LogP contribution is -2.28. The van der Waals surface area contributed by atoms with E-state index in [1.165, 1.54) is 12.1 Å². The Labute approximate surface area is 207 Å². The number of amides is 2. The molecule has 1 heterocycles. The van der Waals surface area contributed by atoms with Crippen LogP contribution in [0.1, 0.15) is 29.1 Å². The normalized spacial score (nSPS) is 11.6. The van der Waals surface area contributed by atoms with Gasteiger partial charge in [0.1, 0.15) is 5.82 Å². The van der Waals surface area contributed by atoms with Gasteiger partial charge in [0, 0.05) is 21.6 Å². The molecule has 3 rings (SSSR count). The van der Waals surface area contributed by atoms with Crippen molar-refractivity contribution in [3.63, 3.8) is 0 Å².